The van der Waals surface area contributed by atoms with Gasteiger partial charge in [0.1, 0.15) is 16.3 Å². The first-order chi connectivity index (χ1) is 11.9. The lowest BCUT2D eigenvalue weighted by Crippen LogP contribution is -2.44. The fourth-order valence-electron chi connectivity index (χ4n) is 3.58. The Hall–Kier alpha value is -1.86. The first-order valence-electron chi connectivity index (χ1n) is 8.62. The molecule has 2 heterocycles. The van der Waals surface area contributed by atoms with Gasteiger partial charge in [0.2, 0.25) is 10.0 Å². The topological polar surface area (TPSA) is 83.6 Å². The second-order valence-corrected chi connectivity index (χ2v) is 8.45. The van der Waals surface area contributed by atoms with Gasteiger partial charge < -0.3 is 9.63 Å². The summed E-state index contributed by atoms with van der Waals surface area (Å²) < 4.78 is 33.0. The molecular weight excluding hydrogens is 340 g/mol. The molecule has 1 fully saturated rings. The predicted molar refractivity (Wildman–Crippen MR) is 93.9 cm³/mol. The molecule has 2 aromatic rings. The average molecular weight is 364 g/mol. The monoisotopic (exact) mass is 364 g/mol. The highest BCUT2D eigenvalue weighted by atomic mass is 32.2. The van der Waals surface area contributed by atoms with Gasteiger partial charge in [-0.2, -0.15) is 4.31 Å². The Morgan fingerprint density at radius 1 is 1.32 bits per heavy atom. The summed E-state index contributed by atoms with van der Waals surface area (Å²) in [6, 6.07) is 7.09. The summed E-state index contributed by atoms with van der Waals surface area (Å²) in [7, 11) is -3.61. The number of hydrogen-bond acceptors (Lipinski definition) is 5. The molecule has 7 heteroatoms. The number of aromatic hydroxyl groups is 1. The van der Waals surface area contributed by atoms with E-state index in [0.29, 0.717) is 18.0 Å². The molecular formula is C18H24N2O4S. The van der Waals surface area contributed by atoms with E-state index >= 15 is 0 Å². The number of hydrogen-bond donors (Lipinski definition) is 1. The molecule has 1 aliphatic rings. The van der Waals surface area contributed by atoms with Crippen LogP contribution in [0.3, 0.4) is 0 Å². The smallest absolute Gasteiger partial charge is 0.248 e. The molecule has 0 unspecified atom stereocenters. The molecule has 0 saturated carbocycles. The van der Waals surface area contributed by atoms with E-state index in [1.807, 2.05) is 12.1 Å². The van der Waals surface area contributed by atoms with Crippen molar-refractivity contribution in [3.05, 3.63) is 41.3 Å². The van der Waals surface area contributed by atoms with Crippen LogP contribution in [0.2, 0.25) is 0 Å². The van der Waals surface area contributed by atoms with Crippen molar-refractivity contribution in [3.8, 4) is 5.75 Å². The maximum atomic E-state index is 13.2. The lowest BCUT2D eigenvalue weighted by molar-refractivity contribution is 0.240. The van der Waals surface area contributed by atoms with Gasteiger partial charge in [0.15, 0.2) is 5.76 Å². The van der Waals surface area contributed by atoms with Crippen LogP contribution >= 0.6 is 0 Å². The van der Waals surface area contributed by atoms with Gasteiger partial charge in [-0.1, -0.05) is 23.7 Å². The van der Waals surface area contributed by atoms with Crippen molar-refractivity contribution in [1.29, 1.82) is 0 Å². The second-order valence-electron chi connectivity index (χ2n) is 6.63. The standard InChI is InChI=1S/C18H24N2O4S/c1-13-18(14(2)24-19-13)25(22,23)20-11-4-3-7-16(20)10-9-15-6-5-8-17(21)12-15/h5-6,8,12,16,21H,3-4,7,9-11H2,1-2H3/t16-/m1/s1. The summed E-state index contributed by atoms with van der Waals surface area (Å²) in [5, 5.41) is 13.4. The summed E-state index contributed by atoms with van der Waals surface area (Å²) in [6.45, 7) is 3.82. The lowest BCUT2D eigenvalue weighted by Gasteiger charge is -2.34. The SMILES string of the molecule is Cc1noc(C)c1S(=O)(=O)N1CCCC[C@@H]1CCc1cccc(O)c1. The first kappa shape index (κ1) is 17.9. The van der Waals surface area contributed by atoms with E-state index in [1.165, 1.54) is 0 Å². The Labute approximate surface area is 148 Å². The molecule has 1 N–H and O–H groups in total. The quantitative estimate of drug-likeness (QED) is 0.881. The van der Waals surface area contributed by atoms with Gasteiger partial charge in [-0.15, -0.1) is 0 Å². The minimum absolute atomic E-state index is 0.0465. The normalized spacial score (nSPS) is 19.2. The summed E-state index contributed by atoms with van der Waals surface area (Å²) >= 11 is 0. The second kappa shape index (κ2) is 7.17. The van der Waals surface area contributed by atoms with Gasteiger partial charge in [-0.3, -0.25) is 0 Å². The van der Waals surface area contributed by atoms with Gasteiger partial charge in [0.05, 0.1) is 0 Å². The number of rotatable bonds is 5. The maximum absolute atomic E-state index is 13.2. The van der Waals surface area contributed by atoms with E-state index < -0.39 is 10.0 Å². The molecule has 1 aromatic carbocycles. The Morgan fingerprint density at radius 2 is 2.12 bits per heavy atom. The van der Waals surface area contributed by atoms with Crippen LogP contribution in [-0.4, -0.2) is 35.6 Å². The molecule has 0 aliphatic carbocycles. The third kappa shape index (κ3) is 3.72. The van der Waals surface area contributed by atoms with Crippen LogP contribution in [0.15, 0.2) is 33.7 Å². The number of phenolic OH excluding ortho intramolecular Hbond substituents is 1. The fourth-order valence-corrected chi connectivity index (χ4v) is 5.60. The molecule has 6 nitrogen and oxygen atoms in total. The molecule has 25 heavy (non-hydrogen) atoms. The van der Waals surface area contributed by atoms with E-state index in [4.69, 9.17) is 4.52 Å². The van der Waals surface area contributed by atoms with Crippen LogP contribution in [0.4, 0.5) is 0 Å². The van der Waals surface area contributed by atoms with Crippen molar-refractivity contribution < 1.29 is 18.0 Å². The van der Waals surface area contributed by atoms with E-state index in [0.717, 1.165) is 37.7 Å². The minimum atomic E-state index is -3.61. The molecule has 0 bridgehead atoms. The first-order valence-corrected chi connectivity index (χ1v) is 10.1. The largest absolute Gasteiger partial charge is 0.508 e. The summed E-state index contributed by atoms with van der Waals surface area (Å²) in [6.07, 6.45) is 4.20. The van der Waals surface area contributed by atoms with E-state index in [-0.39, 0.29) is 16.7 Å². The van der Waals surface area contributed by atoms with Crippen molar-refractivity contribution in [1.82, 2.24) is 9.46 Å². The predicted octanol–water partition coefficient (Wildman–Crippen LogP) is 3.17. The molecule has 136 valence electrons. The Kier molecular flexibility index (Phi) is 5.15. The van der Waals surface area contributed by atoms with Gasteiger partial charge >= 0.3 is 0 Å². The molecule has 1 aromatic heterocycles. The maximum Gasteiger partial charge on any atom is 0.248 e. The molecule has 0 radical (unpaired) electrons. The molecule has 0 amide bonds. The van der Waals surface area contributed by atoms with Gasteiger partial charge in [0.25, 0.3) is 0 Å². The third-order valence-electron chi connectivity index (χ3n) is 4.78. The van der Waals surface area contributed by atoms with E-state index in [9.17, 15) is 13.5 Å². The summed E-state index contributed by atoms with van der Waals surface area (Å²) in [5.41, 5.74) is 1.43. The number of aryl methyl sites for hydroxylation is 3. The molecule has 1 atom stereocenters. The van der Waals surface area contributed by atoms with Crippen LogP contribution in [0, 0.1) is 13.8 Å². The van der Waals surface area contributed by atoms with Crippen molar-refractivity contribution in [3.63, 3.8) is 0 Å². The van der Waals surface area contributed by atoms with Crippen molar-refractivity contribution in [2.75, 3.05) is 6.54 Å². The highest BCUT2D eigenvalue weighted by Crippen LogP contribution is 2.31. The Balaban J connectivity index is 1.81. The lowest BCUT2D eigenvalue weighted by atomic mass is 9.98. The Morgan fingerprint density at radius 3 is 2.80 bits per heavy atom. The van der Waals surface area contributed by atoms with Crippen LogP contribution in [-0.2, 0) is 16.4 Å². The molecule has 0 spiro atoms. The fraction of sp³-hybridized carbons (Fsp3) is 0.500. The molecule has 3 rings (SSSR count). The van der Waals surface area contributed by atoms with Crippen molar-refractivity contribution in [2.24, 2.45) is 0 Å². The zero-order valence-electron chi connectivity index (χ0n) is 14.6. The zero-order valence-corrected chi connectivity index (χ0v) is 15.4. The minimum Gasteiger partial charge on any atom is -0.508 e. The van der Waals surface area contributed by atoms with Crippen LogP contribution in [0.5, 0.6) is 5.75 Å². The number of phenols is 1. The van der Waals surface area contributed by atoms with Gasteiger partial charge in [-0.25, -0.2) is 8.42 Å². The number of nitrogens with zero attached hydrogens (tertiary/aromatic N) is 2. The van der Waals surface area contributed by atoms with Crippen LogP contribution < -0.4 is 0 Å². The number of benzene rings is 1. The van der Waals surface area contributed by atoms with E-state index in [2.05, 4.69) is 5.16 Å². The van der Waals surface area contributed by atoms with Crippen molar-refractivity contribution >= 4 is 10.0 Å². The Bertz CT molecular complexity index is 825. The summed E-state index contributed by atoms with van der Waals surface area (Å²) in [4.78, 5) is 0.205. The molecule has 1 saturated heterocycles. The third-order valence-corrected chi connectivity index (χ3v) is 6.98. The van der Waals surface area contributed by atoms with E-state index in [1.54, 1.807) is 30.3 Å². The molecule has 1 aliphatic heterocycles. The van der Waals surface area contributed by atoms with Gasteiger partial charge in [-0.05, 0) is 57.2 Å². The zero-order chi connectivity index (χ0) is 18.0. The highest BCUT2D eigenvalue weighted by Gasteiger charge is 2.36. The summed E-state index contributed by atoms with van der Waals surface area (Å²) in [5.74, 6) is 0.580. The van der Waals surface area contributed by atoms with Crippen molar-refractivity contribution in [2.45, 2.75) is 56.9 Å². The van der Waals surface area contributed by atoms with Crippen LogP contribution in [0.1, 0.15) is 42.7 Å². The highest BCUT2D eigenvalue weighted by molar-refractivity contribution is 7.89. The van der Waals surface area contributed by atoms with Gasteiger partial charge in [0, 0.05) is 12.6 Å². The number of piperidine rings is 1. The van der Waals surface area contributed by atoms with Crippen LogP contribution in [0.25, 0.3) is 0 Å². The number of aromatic nitrogens is 1. The number of sulfonamides is 1. The average Bonchev–Trinajstić information content (AvgIpc) is 2.92.